The summed E-state index contributed by atoms with van der Waals surface area (Å²) < 4.78 is 5.98. The van der Waals surface area contributed by atoms with Crippen molar-refractivity contribution in [2.75, 3.05) is 0 Å². The molecule has 19 heavy (non-hydrogen) atoms. The number of benzene rings is 2. The molecular weight excluding hydrogens is 234 g/mol. The molecule has 1 aliphatic rings. The average Bonchev–Trinajstić information content (AvgIpc) is 2.79. The van der Waals surface area contributed by atoms with Crippen molar-refractivity contribution in [2.45, 2.75) is 32.4 Å². The number of rotatable bonds is 3. The highest BCUT2D eigenvalue weighted by Gasteiger charge is 2.21. The summed E-state index contributed by atoms with van der Waals surface area (Å²) in [5.74, 6) is 0.993. The normalized spacial score (nSPS) is 17.3. The molecular formula is C17H19NO. The van der Waals surface area contributed by atoms with E-state index in [1.807, 2.05) is 12.1 Å². The largest absolute Gasteiger partial charge is 0.489 e. The quantitative estimate of drug-likeness (QED) is 0.908. The third-order valence-corrected chi connectivity index (χ3v) is 3.75. The van der Waals surface area contributed by atoms with Gasteiger partial charge in [-0.25, -0.2) is 0 Å². The van der Waals surface area contributed by atoms with Crippen LogP contribution in [0, 0.1) is 6.92 Å². The average molecular weight is 253 g/mol. The van der Waals surface area contributed by atoms with E-state index in [1.165, 1.54) is 22.3 Å². The van der Waals surface area contributed by atoms with Gasteiger partial charge in [-0.3, -0.25) is 0 Å². The Morgan fingerprint density at radius 2 is 2.05 bits per heavy atom. The van der Waals surface area contributed by atoms with Crippen LogP contribution in [-0.2, 0) is 13.0 Å². The third-order valence-electron chi connectivity index (χ3n) is 3.75. The maximum atomic E-state index is 6.09. The lowest BCUT2D eigenvalue weighted by molar-refractivity contribution is 0.303. The van der Waals surface area contributed by atoms with Gasteiger partial charge in [0.15, 0.2) is 0 Å². The molecule has 0 aliphatic heterocycles. The van der Waals surface area contributed by atoms with Crippen LogP contribution in [0.2, 0.25) is 0 Å². The van der Waals surface area contributed by atoms with Crippen molar-refractivity contribution in [1.29, 1.82) is 0 Å². The van der Waals surface area contributed by atoms with Gasteiger partial charge in [0.1, 0.15) is 12.4 Å². The summed E-state index contributed by atoms with van der Waals surface area (Å²) in [6.07, 6.45) is 2.06. The van der Waals surface area contributed by atoms with E-state index in [1.54, 1.807) is 0 Å². The first kappa shape index (κ1) is 12.2. The predicted octanol–water partition coefficient (Wildman–Crippen LogP) is 3.52. The summed E-state index contributed by atoms with van der Waals surface area (Å²) in [7, 11) is 0. The van der Waals surface area contributed by atoms with E-state index in [-0.39, 0.29) is 6.04 Å². The molecule has 2 aromatic carbocycles. The molecule has 0 amide bonds. The topological polar surface area (TPSA) is 35.2 Å². The van der Waals surface area contributed by atoms with Gasteiger partial charge in [-0.05, 0) is 42.5 Å². The van der Waals surface area contributed by atoms with Gasteiger partial charge >= 0.3 is 0 Å². The molecule has 2 N–H and O–H groups in total. The number of nitrogens with two attached hydrogens (primary N) is 1. The lowest BCUT2D eigenvalue weighted by Crippen LogP contribution is -2.05. The lowest BCUT2D eigenvalue weighted by atomic mass is 10.1. The maximum Gasteiger partial charge on any atom is 0.123 e. The second-order valence-corrected chi connectivity index (χ2v) is 5.25. The molecule has 0 bridgehead atoms. The summed E-state index contributed by atoms with van der Waals surface area (Å²) in [6.45, 7) is 2.72. The smallest absolute Gasteiger partial charge is 0.123 e. The van der Waals surface area contributed by atoms with Crippen LogP contribution in [0.25, 0.3) is 0 Å². The number of fused-ring (bicyclic) bond motifs is 1. The molecule has 0 saturated heterocycles. The predicted molar refractivity (Wildman–Crippen MR) is 77.2 cm³/mol. The van der Waals surface area contributed by atoms with Crippen molar-refractivity contribution in [3.8, 4) is 5.75 Å². The highest BCUT2D eigenvalue weighted by molar-refractivity contribution is 5.45. The zero-order valence-corrected chi connectivity index (χ0v) is 11.2. The van der Waals surface area contributed by atoms with Crippen molar-refractivity contribution >= 4 is 0 Å². The lowest BCUT2D eigenvalue weighted by Gasteiger charge is -2.12. The minimum atomic E-state index is 0.178. The number of hydrogen-bond donors (Lipinski definition) is 1. The molecule has 2 aromatic rings. The highest BCUT2D eigenvalue weighted by atomic mass is 16.5. The Hall–Kier alpha value is -1.80. The number of hydrogen-bond acceptors (Lipinski definition) is 2. The second kappa shape index (κ2) is 5.06. The van der Waals surface area contributed by atoms with E-state index in [0.29, 0.717) is 6.61 Å². The van der Waals surface area contributed by atoms with Crippen molar-refractivity contribution < 1.29 is 4.74 Å². The van der Waals surface area contributed by atoms with E-state index >= 15 is 0 Å². The fraction of sp³-hybridized carbons (Fsp3) is 0.294. The van der Waals surface area contributed by atoms with Gasteiger partial charge in [-0.2, -0.15) is 0 Å². The van der Waals surface area contributed by atoms with Crippen molar-refractivity contribution in [3.05, 3.63) is 64.7 Å². The van der Waals surface area contributed by atoms with Crippen molar-refractivity contribution in [1.82, 2.24) is 0 Å². The van der Waals surface area contributed by atoms with Crippen LogP contribution in [0.1, 0.15) is 34.7 Å². The first-order valence-corrected chi connectivity index (χ1v) is 6.80. The van der Waals surface area contributed by atoms with E-state index in [4.69, 9.17) is 10.5 Å². The molecule has 0 aromatic heterocycles. The number of ether oxygens (including phenoxy) is 1. The van der Waals surface area contributed by atoms with E-state index < -0.39 is 0 Å². The molecule has 0 spiro atoms. The van der Waals surface area contributed by atoms with Crippen molar-refractivity contribution in [3.63, 3.8) is 0 Å². The summed E-state index contributed by atoms with van der Waals surface area (Å²) in [5, 5.41) is 0. The third kappa shape index (κ3) is 2.49. The second-order valence-electron chi connectivity index (χ2n) is 5.25. The van der Waals surface area contributed by atoms with Crippen LogP contribution in [0.5, 0.6) is 5.75 Å². The van der Waals surface area contributed by atoms with Gasteiger partial charge in [0.2, 0.25) is 0 Å². The molecule has 2 heteroatoms. The first-order valence-electron chi connectivity index (χ1n) is 6.80. The first-order chi connectivity index (χ1) is 9.24. The Labute approximate surface area is 114 Å². The molecule has 3 rings (SSSR count). The van der Waals surface area contributed by atoms with E-state index in [0.717, 1.165) is 18.6 Å². The van der Waals surface area contributed by atoms with Crippen LogP contribution in [0.4, 0.5) is 0 Å². The van der Waals surface area contributed by atoms with Gasteiger partial charge in [0.25, 0.3) is 0 Å². The van der Waals surface area contributed by atoms with Gasteiger partial charge in [0, 0.05) is 6.04 Å². The molecule has 1 unspecified atom stereocenters. The molecule has 2 nitrogen and oxygen atoms in total. The van der Waals surface area contributed by atoms with Crippen molar-refractivity contribution in [2.24, 2.45) is 5.73 Å². The fourth-order valence-electron chi connectivity index (χ4n) is 2.75. The van der Waals surface area contributed by atoms with Crippen LogP contribution < -0.4 is 10.5 Å². The SMILES string of the molecule is Cc1cccc(COc2cccc3c2CCC3N)c1. The Morgan fingerprint density at radius 1 is 1.21 bits per heavy atom. The summed E-state index contributed by atoms with van der Waals surface area (Å²) >= 11 is 0. The standard InChI is InChI=1S/C17H19NO/c1-12-4-2-5-13(10-12)11-19-17-7-3-6-14-15(17)8-9-16(14)18/h2-7,10,16H,8-9,11,18H2,1H3. The van der Waals surface area contributed by atoms with Crippen LogP contribution in [-0.4, -0.2) is 0 Å². The monoisotopic (exact) mass is 253 g/mol. The molecule has 1 aliphatic carbocycles. The minimum Gasteiger partial charge on any atom is -0.489 e. The zero-order chi connectivity index (χ0) is 13.2. The van der Waals surface area contributed by atoms with E-state index in [9.17, 15) is 0 Å². The van der Waals surface area contributed by atoms with Gasteiger partial charge in [-0.1, -0.05) is 42.0 Å². The molecule has 1 atom stereocenters. The Balaban J connectivity index is 1.78. The molecule has 98 valence electrons. The number of aryl methyl sites for hydroxylation is 1. The Bertz CT molecular complexity index is 592. The molecule has 0 saturated carbocycles. The Kier molecular flexibility index (Phi) is 3.26. The van der Waals surface area contributed by atoms with E-state index in [2.05, 4.69) is 37.3 Å². The van der Waals surface area contributed by atoms with Gasteiger partial charge in [0.05, 0.1) is 0 Å². The summed E-state index contributed by atoms with van der Waals surface area (Å²) in [6, 6.07) is 14.8. The summed E-state index contributed by atoms with van der Waals surface area (Å²) in [5.41, 5.74) is 11.1. The van der Waals surface area contributed by atoms with Gasteiger partial charge < -0.3 is 10.5 Å². The highest BCUT2D eigenvalue weighted by Crippen LogP contribution is 2.35. The van der Waals surface area contributed by atoms with Crippen LogP contribution >= 0.6 is 0 Å². The zero-order valence-electron chi connectivity index (χ0n) is 11.2. The molecule has 0 radical (unpaired) electrons. The summed E-state index contributed by atoms with van der Waals surface area (Å²) in [4.78, 5) is 0. The van der Waals surface area contributed by atoms with Crippen LogP contribution in [0.3, 0.4) is 0 Å². The molecule has 0 heterocycles. The van der Waals surface area contributed by atoms with Gasteiger partial charge in [-0.15, -0.1) is 0 Å². The maximum absolute atomic E-state index is 6.09. The minimum absolute atomic E-state index is 0.178. The van der Waals surface area contributed by atoms with Crippen LogP contribution in [0.15, 0.2) is 42.5 Å². The molecule has 0 fully saturated rings. The fourth-order valence-corrected chi connectivity index (χ4v) is 2.75. The Morgan fingerprint density at radius 3 is 2.89 bits per heavy atom.